The molecule has 0 aromatic carbocycles. The summed E-state index contributed by atoms with van der Waals surface area (Å²) >= 11 is 0. The van der Waals surface area contributed by atoms with Crippen molar-refractivity contribution in [1.82, 2.24) is 4.74 Å². The minimum atomic E-state index is -0.0142. The SMILES string of the molecule is COC(=O)C1CCCCC1.Cc1on(C)c1C. The number of methoxy groups -OCH3 is 1. The summed E-state index contributed by atoms with van der Waals surface area (Å²) in [6, 6.07) is 0. The van der Waals surface area contributed by atoms with Crippen molar-refractivity contribution in [2.45, 2.75) is 46.0 Å². The molecule has 0 radical (unpaired) electrons. The van der Waals surface area contributed by atoms with Crippen LogP contribution in [0.25, 0.3) is 0 Å². The van der Waals surface area contributed by atoms with Crippen LogP contribution in [0.5, 0.6) is 0 Å². The van der Waals surface area contributed by atoms with Gasteiger partial charge >= 0.3 is 5.97 Å². The molecular weight excluding hydrogens is 218 g/mol. The van der Waals surface area contributed by atoms with Crippen LogP contribution in [-0.2, 0) is 16.6 Å². The fourth-order valence-corrected chi connectivity index (χ4v) is 2.03. The molecule has 1 fully saturated rings. The van der Waals surface area contributed by atoms with Crippen LogP contribution in [-0.4, -0.2) is 17.8 Å². The lowest BCUT2D eigenvalue weighted by Gasteiger charge is -2.18. The monoisotopic (exact) mass is 241 g/mol. The van der Waals surface area contributed by atoms with Crippen molar-refractivity contribution in [2.24, 2.45) is 13.0 Å². The number of hydrogen-bond donors (Lipinski definition) is 0. The van der Waals surface area contributed by atoms with Crippen LogP contribution in [0.4, 0.5) is 0 Å². The molecule has 1 saturated carbocycles. The number of aryl methyl sites for hydroxylation is 2. The van der Waals surface area contributed by atoms with Gasteiger partial charge in [-0.15, -0.1) is 0 Å². The molecule has 0 unspecified atom stereocenters. The topological polar surface area (TPSA) is 44.4 Å². The van der Waals surface area contributed by atoms with E-state index in [9.17, 15) is 4.79 Å². The van der Waals surface area contributed by atoms with Crippen LogP contribution >= 0.6 is 0 Å². The Morgan fingerprint density at radius 2 is 1.88 bits per heavy atom. The van der Waals surface area contributed by atoms with Crippen LogP contribution in [0.1, 0.15) is 43.6 Å². The van der Waals surface area contributed by atoms with E-state index < -0.39 is 0 Å². The number of hydrogen-bond acceptors (Lipinski definition) is 3. The summed E-state index contributed by atoms with van der Waals surface area (Å²) < 4.78 is 11.4. The van der Waals surface area contributed by atoms with Crippen molar-refractivity contribution in [3.05, 3.63) is 11.5 Å². The molecule has 1 aliphatic carbocycles. The smallest absolute Gasteiger partial charge is 0.308 e. The molecule has 0 bridgehead atoms. The van der Waals surface area contributed by atoms with Crippen molar-refractivity contribution < 1.29 is 14.1 Å². The highest BCUT2D eigenvalue weighted by atomic mass is 16.5. The maximum atomic E-state index is 10.9. The van der Waals surface area contributed by atoms with Gasteiger partial charge in [-0.1, -0.05) is 19.3 Å². The number of nitrogens with zero attached hydrogens (tertiary/aromatic N) is 1. The molecule has 0 spiro atoms. The summed E-state index contributed by atoms with van der Waals surface area (Å²) in [5, 5.41) is 0. The average molecular weight is 241 g/mol. The van der Waals surface area contributed by atoms with Crippen molar-refractivity contribution >= 4 is 5.97 Å². The van der Waals surface area contributed by atoms with E-state index in [-0.39, 0.29) is 11.9 Å². The number of carbonyl (C=O) groups is 1. The van der Waals surface area contributed by atoms with Gasteiger partial charge in [0.2, 0.25) is 0 Å². The van der Waals surface area contributed by atoms with Gasteiger partial charge in [0.15, 0.2) is 5.76 Å². The van der Waals surface area contributed by atoms with Gasteiger partial charge in [-0.3, -0.25) is 4.79 Å². The normalized spacial score (nSPS) is 16.2. The Kier molecular flexibility index (Phi) is 5.32. The van der Waals surface area contributed by atoms with E-state index >= 15 is 0 Å². The molecule has 98 valence electrons. The van der Waals surface area contributed by atoms with Crippen LogP contribution in [0, 0.1) is 19.8 Å². The first kappa shape index (κ1) is 13.9. The minimum Gasteiger partial charge on any atom is -0.469 e. The Labute approximate surface area is 103 Å². The summed E-state index contributed by atoms with van der Waals surface area (Å²) in [5.41, 5.74) is 1.22. The second kappa shape index (κ2) is 6.52. The Morgan fingerprint density at radius 3 is 2.18 bits per heavy atom. The zero-order valence-electron chi connectivity index (χ0n) is 11.3. The fraction of sp³-hybridized carbons (Fsp3) is 0.769. The molecule has 17 heavy (non-hydrogen) atoms. The number of aromatic nitrogens is 1. The van der Waals surface area contributed by atoms with Gasteiger partial charge in [0.25, 0.3) is 0 Å². The van der Waals surface area contributed by atoms with Crippen LogP contribution < -0.4 is 0 Å². The van der Waals surface area contributed by atoms with E-state index in [2.05, 4.69) is 4.74 Å². The van der Waals surface area contributed by atoms with Crippen LogP contribution in [0.15, 0.2) is 4.52 Å². The summed E-state index contributed by atoms with van der Waals surface area (Å²) in [5.74, 6) is 1.22. The quantitative estimate of drug-likeness (QED) is 0.710. The van der Waals surface area contributed by atoms with Crippen molar-refractivity contribution in [3.8, 4) is 0 Å². The van der Waals surface area contributed by atoms with E-state index in [0.29, 0.717) is 0 Å². The third-order valence-corrected chi connectivity index (χ3v) is 3.40. The largest absolute Gasteiger partial charge is 0.469 e. The summed E-state index contributed by atoms with van der Waals surface area (Å²) in [6.45, 7) is 3.98. The zero-order chi connectivity index (χ0) is 12.8. The number of esters is 1. The molecule has 0 saturated heterocycles. The highest BCUT2D eigenvalue weighted by Crippen LogP contribution is 2.24. The minimum absolute atomic E-state index is 0.0142. The van der Waals surface area contributed by atoms with E-state index in [1.165, 1.54) is 32.1 Å². The van der Waals surface area contributed by atoms with Gasteiger partial charge in [0, 0.05) is 7.05 Å². The van der Waals surface area contributed by atoms with Gasteiger partial charge < -0.3 is 9.26 Å². The maximum Gasteiger partial charge on any atom is 0.308 e. The first-order valence-electron chi connectivity index (χ1n) is 6.23. The molecule has 0 N–H and O–H groups in total. The van der Waals surface area contributed by atoms with Gasteiger partial charge in [0.05, 0.1) is 18.7 Å². The third kappa shape index (κ3) is 3.95. The molecule has 4 heteroatoms. The fourth-order valence-electron chi connectivity index (χ4n) is 2.03. The highest BCUT2D eigenvalue weighted by Gasteiger charge is 2.20. The standard InChI is InChI=1S/C8H14O2.C5H9NO/c1-10-8(9)7-5-3-2-4-6-7;1-4-5(2)7-6(4)3/h7H,2-6H2,1H3;1-3H3. The molecule has 0 atom stereocenters. The zero-order valence-corrected chi connectivity index (χ0v) is 11.3. The van der Waals surface area contributed by atoms with Crippen LogP contribution in [0.3, 0.4) is 0 Å². The Bertz CT molecular complexity index is 330. The molecular formula is C13H23NO3. The molecule has 0 aliphatic heterocycles. The lowest BCUT2D eigenvalue weighted by atomic mass is 9.89. The van der Waals surface area contributed by atoms with Crippen molar-refractivity contribution in [2.75, 3.05) is 7.11 Å². The first-order chi connectivity index (χ1) is 8.06. The summed E-state index contributed by atoms with van der Waals surface area (Å²) in [4.78, 5) is 10.9. The van der Waals surface area contributed by atoms with E-state index in [0.717, 1.165) is 18.6 Å². The second-order valence-corrected chi connectivity index (χ2v) is 4.59. The number of rotatable bonds is 1. The van der Waals surface area contributed by atoms with Crippen LogP contribution in [0.2, 0.25) is 0 Å². The number of ether oxygens (including phenoxy) is 1. The molecule has 0 amide bonds. The predicted molar refractivity (Wildman–Crippen MR) is 65.7 cm³/mol. The Hall–Kier alpha value is -1.19. The molecule has 1 aromatic heterocycles. The third-order valence-electron chi connectivity index (χ3n) is 3.40. The van der Waals surface area contributed by atoms with Gasteiger partial charge in [-0.05, 0) is 26.7 Å². The highest BCUT2D eigenvalue weighted by molar-refractivity contribution is 5.72. The van der Waals surface area contributed by atoms with Gasteiger partial charge in [-0.25, -0.2) is 4.74 Å². The summed E-state index contributed by atoms with van der Waals surface area (Å²) in [7, 11) is 3.36. The maximum absolute atomic E-state index is 10.9. The molecule has 4 nitrogen and oxygen atoms in total. The molecule has 2 rings (SSSR count). The molecule has 1 aromatic rings. The Morgan fingerprint density at radius 1 is 1.29 bits per heavy atom. The molecule has 1 heterocycles. The predicted octanol–water partition coefficient (Wildman–Crippen LogP) is 2.97. The van der Waals surface area contributed by atoms with Crippen molar-refractivity contribution in [3.63, 3.8) is 0 Å². The summed E-state index contributed by atoms with van der Waals surface area (Å²) in [6.07, 6.45) is 5.74. The van der Waals surface area contributed by atoms with Gasteiger partial charge in [-0.2, -0.15) is 0 Å². The lowest BCUT2D eigenvalue weighted by molar-refractivity contribution is -0.146. The first-order valence-corrected chi connectivity index (χ1v) is 6.23. The molecule has 1 aliphatic rings. The van der Waals surface area contributed by atoms with E-state index in [1.807, 2.05) is 20.9 Å². The Balaban J connectivity index is 0.000000181. The van der Waals surface area contributed by atoms with E-state index in [4.69, 9.17) is 4.52 Å². The number of carbonyl (C=O) groups excluding carboxylic acids is 1. The lowest BCUT2D eigenvalue weighted by Crippen LogP contribution is -2.18. The van der Waals surface area contributed by atoms with E-state index in [1.54, 1.807) is 4.74 Å². The van der Waals surface area contributed by atoms with Gasteiger partial charge in [0.1, 0.15) is 0 Å². The average Bonchev–Trinajstić information content (AvgIpc) is 2.39. The second-order valence-electron chi connectivity index (χ2n) is 4.59. The van der Waals surface area contributed by atoms with Crippen molar-refractivity contribution in [1.29, 1.82) is 0 Å².